The minimum atomic E-state index is -0.0800. The third-order valence-electron chi connectivity index (χ3n) is 2.41. The lowest BCUT2D eigenvalue weighted by Gasteiger charge is -2.16. The van der Waals surface area contributed by atoms with Gasteiger partial charge in [0.05, 0.1) is 25.7 Å². The van der Waals surface area contributed by atoms with Gasteiger partial charge in [-0.1, -0.05) is 12.8 Å². The maximum atomic E-state index is 11.7. The number of carbonyl (C=O) groups excluding carboxylic acids is 1. The molecule has 0 saturated carbocycles. The number of nitrogens with one attached hydrogen (secondary N) is 2. The second kappa shape index (κ2) is 6.44. The fourth-order valence-corrected chi connectivity index (χ4v) is 1.63. The molecule has 0 bridgehead atoms. The molecule has 2 N–H and O–H groups in total. The van der Waals surface area contributed by atoms with E-state index in [-0.39, 0.29) is 17.9 Å². The van der Waals surface area contributed by atoms with Crippen molar-refractivity contribution < 1.29 is 9.53 Å². The van der Waals surface area contributed by atoms with Crippen molar-refractivity contribution in [1.82, 2.24) is 10.6 Å². The van der Waals surface area contributed by atoms with Crippen LogP contribution in [0.4, 0.5) is 0 Å². The third kappa shape index (κ3) is 3.54. The summed E-state index contributed by atoms with van der Waals surface area (Å²) in [6.07, 6.45) is 0. The smallest absolute Gasteiger partial charge is 0.227 e. The summed E-state index contributed by atoms with van der Waals surface area (Å²) in [6, 6.07) is 0.143. The van der Waals surface area contributed by atoms with Crippen LogP contribution in [0.3, 0.4) is 0 Å². The number of carbonyl (C=O) groups is 1. The summed E-state index contributed by atoms with van der Waals surface area (Å²) in [5, 5.41) is 6.03. The molecule has 2 unspecified atom stereocenters. The van der Waals surface area contributed by atoms with E-state index >= 15 is 0 Å². The Hall–Kier alpha value is -1.05. The SMILES string of the molecule is CC#CCNC(=O)C1COCC1NCC. The van der Waals surface area contributed by atoms with Crippen LogP contribution >= 0.6 is 0 Å². The molecule has 1 fully saturated rings. The van der Waals surface area contributed by atoms with Crippen molar-refractivity contribution in [3.8, 4) is 11.8 Å². The van der Waals surface area contributed by atoms with E-state index in [1.165, 1.54) is 0 Å². The molecule has 0 aliphatic carbocycles. The Labute approximate surface area is 90.8 Å². The van der Waals surface area contributed by atoms with Crippen LogP contribution in [-0.2, 0) is 9.53 Å². The van der Waals surface area contributed by atoms with Crippen LogP contribution < -0.4 is 10.6 Å². The molecule has 0 aromatic heterocycles. The molecule has 1 saturated heterocycles. The summed E-state index contributed by atoms with van der Waals surface area (Å²) in [5.41, 5.74) is 0. The molecule has 1 heterocycles. The summed E-state index contributed by atoms with van der Waals surface area (Å²) in [7, 11) is 0. The molecule has 2 atom stereocenters. The molecule has 1 rings (SSSR count). The van der Waals surface area contributed by atoms with Crippen molar-refractivity contribution in [3.05, 3.63) is 0 Å². The zero-order chi connectivity index (χ0) is 11.1. The first-order valence-corrected chi connectivity index (χ1v) is 5.28. The zero-order valence-electron chi connectivity index (χ0n) is 9.30. The van der Waals surface area contributed by atoms with Crippen LogP contribution in [0, 0.1) is 17.8 Å². The van der Waals surface area contributed by atoms with Gasteiger partial charge in [0.1, 0.15) is 0 Å². The fraction of sp³-hybridized carbons (Fsp3) is 0.727. The molecule has 0 aromatic rings. The Morgan fingerprint density at radius 1 is 1.53 bits per heavy atom. The van der Waals surface area contributed by atoms with E-state index in [2.05, 4.69) is 22.5 Å². The van der Waals surface area contributed by atoms with E-state index in [1.54, 1.807) is 6.92 Å². The molecule has 4 heteroatoms. The predicted octanol–water partition coefficient (Wildman–Crippen LogP) is -0.250. The van der Waals surface area contributed by atoms with Gasteiger partial charge in [0, 0.05) is 6.04 Å². The standard InChI is InChI=1S/C11H18N2O2/c1-3-5-6-13-11(14)9-7-15-8-10(9)12-4-2/h9-10,12H,4,6-8H2,1-2H3,(H,13,14). The molecular weight excluding hydrogens is 192 g/mol. The first kappa shape index (κ1) is 12.0. The molecule has 1 aliphatic rings. The summed E-state index contributed by atoms with van der Waals surface area (Å²) in [4.78, 5) is 11.7. The largest absolute Gasteiger partial charge is 0.379 e. The van der Waals surface area contributed by atoms with E-state index in [0.29, 0.717) is 19.8 Å². The van der Waals surface area contributed by atoms with Crippen LogP contribution in [0.2, 0.25) is 0 Å². The molecule has 15 heavy (non-hydrogen) atoms. The van der Waals surface area contributed by atoms with E-state index < -0.39 is 0 Å². The number of hydrogen-bond acceptors (Lipinski definition) is 3. The third-order valence-corrected chi connectivity index (χ3v) is 2.41. The average Bonchev–Trinajstić information content (AvgIpc) is 2.67. The Morgan fingerprint density at radius 2 is 2.33 bits per heavy atom. The molecule has 1 aliphatic heterocycles. The summed E-state index contributed by atoms with van der Waals surface area (Å²) in [5.74, 6) is 5.49. The zero-order valence-corrected chi connectivity index (χ0v) is 9.30. The van der Waals surface area contributed by atoms with Crippen LogP contribution in [0.1, 0.15) is 13.8 Å². The summed E-state index contributed by atoms with van der Waals surface area (Å²) < 4.78 is 5.29. The van der Waals surface area contributed by atoms with Gasteiger partial charge in [0.25, 0.3) is 0 Å². The summed E-state index contributed by atoms with van der Waals surface area (Å²) in [6.45, 7) is 6.17. The normalized spacial score (nSPS) is 24.4. The quantitative estimate of drug-likeness (QED) is 0.629. The van der Waals surface area contributed by atoms with Crippen LogP contribution in [0.5, 0.6) is 0 Å². The molecule has 84 valence electrons. The van der Waals surface area contributed by atoms with Gasteiger partial charge in [-0.2, -0.15) is 0 Å². The number of hydrogen-bond donors (Lipinski definition) is 2. The molecule has 0 spiro atoms. The van der Waals surface area contributed by atoms with Crippen molar-refractivity contribution in [3.63, 3.8) is 0 Å². The van der Waals surface area contributed by atoms with Crippen molar-refractivity contribution in [2.75, 3.05) is 26.3 Å². The van der Waals surface area contributed by atoms with Crippen molar-refractivity contribution in [1.29, 1.82) is 0 Å². The second-order valence-corrected chi connectivity index (χ2v) is 3.45. The predicted molar refractivity (Wildman–Crippen MR) is 58.2 cm³/mol. The topological polar surface area (TPSA) is 50.4 Å². The van der Waals surface area contributed by atoms with E-state index in [0.717, 1.165) is 6.54 Å². The van der Waals surface area contributed by atoms with Gasteiger partial charge in [0.15, 0.2) is 0 Å². The average molecular weight is 210 g/mol. The maximum Gasteiger partial charge on any atom is 0.227 e. The van der Waals surface area contributed by atoms with Crippen molar-refractivity contribution in [2.45, 2.75) is 19.9 Å². The van der Waals surface area contributed by atoms with Gasteiger partial charge in [-0.25, -0.2) is 0 Å². The lowest BCUT2D eigenvalue weighted by molar-refractivity contribution is -0.125. The van der Waals surface area contributed by atoms with Gasteiger partial charge in [-0.3, -0.25) is 4.79 Å². The van der Waals surface area contributed by atoms with Gasteiger partial charge < -0.3 is 15.4 Å². The van der Waals surface area contributed by atoms with Crippen LogP contribution in [0.15, 0.2) is 0 Å². The second-order valence-electron chi connectivity index (χ2n) is 3.45. The van der Waals surface area contributed by atoms with Gasteiger partial charge in [-0.15, -0.1) is 5.92 Å². The van der Waals surface area contributed by atoms with Gasteiger partial charge in [-0.05, 0) is 13.5 Å². The lowest BCUT2D eigenvalue weighted by atomic mass is 10.0. The van der Waals surface area contributed by atoms with Gasteiger partial charge >= 0.3 is 0 Å². The Balaban J connectivity index is 2.38. The molecular formula is C11H18N2O2. The highest BCUT2D eigenvalue weighted by atomic mass is 16.5. The Morgan fingerprint density at radius 3 is 3.00 bits per heavy atom. The maximum absolute atomic E-state index is 11.7. The first-order valence-electron chi connectivity index (χ1n) is 5.28. The van der Waals surface area contributed by atoms with E-state index in [1.807, 2.05) is 6.92 Å². The van der Waals surface area contributed by atoms with E-state index in [9.17, 15) is 4.79 Å². The highest BCUT2D eigenvalue weighted by molar-refractivity contribution is 5.80. The minimum Gasteiger partial charge on any atom is -0.379 e. The number of amides is 1. The van der Waals surface area contributed by atoms with Crippen molar-refractivity contribution in [2.24, 2.45) is 5.92 Å². The monoisotopic (exact) mass is 210 g/mol. The molecule has 1 amide bonds. The van der Waals surface area contributed by atoms with E-state index in [4.69, 9.17) is 4.74 Å². The highest BCUT2D eigenvalue weighted by Crippen LogP contribution is 2.13. The minimum absolute atomic E-state index is 0.0289. The molecule has 0 radical (unpaired) electrons. The first-order chi connectivity index (χ1) is 7.29. The highest BCUT2D eigenvalue weighted by Gasteiger charge is 2.32. The fourth-order valence-electron chi connectivity index (χ4n) is 1.63. The molecule has 4 nitrogen and oxygen atoms in total. The van der Waals surface area contributed by atoms with Crippen molar-refractivity contribution >= 4 is 5.91 Å². The summed E-state index contributed by atoms with van der Waals surface area (Å²) >= 11 is 0. The number of ether oxygens (including phenoxy) is 1. The Bertz CT molecular complexity index is 267. The Kier molecular flexibility index (Phi) is 5.16. The number of likely N-dealkylation sites (N-methyl/N-ethyl adjacent to an activating group) is 1. The van der Waals surface area contributed by atoms with Crippen LogP contribution in [0.25, 0.3) is 0 Å². The van der Waals surface area contributed by atoms with Gasteiger partial charge in [0.2, 0.25) is 5.91 Å². The lowest BCUT2D eigenvalue weighted by Crippen LogP contribution is -2.44. The number of rotatable bonds is 4. The van der Waals surface area contributed by atoms with Crippen LogP contribution in [-0.4, -0.2) is 38.3 Å². The molecule has 0 aromatic carbocycles.